The zero-order chi connectivity index (χ0) is 19.6. The molecule has 1 heterocycles. The average Bonchev–Trinajstić information content (AvgIpc) is 3.04. The summed E-state index contributed by atoms with van der Waals surface area (Å²) in [6, 6.07) is 11.1. The molecule has 3 aromatic rings. The number of aromatic nitrogens is 2. The fourth-order valence-corrected chi connectivity index (χ4v) is 2.60. The maximum Gasteiger partial charge on any atom is 0.436 e. The normalized spacial score (nSPS) is 11.4. The SMILES string of the molecule is CCOc1ccc(-c2n[nH]c(C(F)(F)F)c2Oc2ccccc2)c(O)c1C. The molecule has 0 fully saturated rings. The first-order valence-corrected chi connectivity index (χ1v) is 8.17. The molecular weight excluding hydrogens is 361 g/mol. The summed E-state index contributed by atoms with van der Waals surface area (Å²) >= 11 is 0. The number of hydrogen-bond donors (Lipinski definition) is 2. The zero-order valence-electron chi connectivity index (χ0n) is 14.6. The van der Waals surface area contributed by atoms with E-state index in [9.17, 15) is 18.3 Å². The Labute approximate surface area is 153 Å². The van der Waals surface area contributed by atoms with Crippen LogP contribution < -0.4 is 9.47 Å². The fourth-order valence-electron chi connectivity index (χ4n) is 2.60. The number of H-pyrrole nitrogens is 1. The minimum atomic E-state index is -4.70. The molecule has 0 spiro atoms. The van der Waals surface area contributed by atoms with Gasteiger partial charge < -0.3 is 14.6 Å². The molecule has 8 heteroatoms. The van der Waals surface area contributed by atoms with Crippen LogP contribution in [-0.4, -0.2) is 21.9 Å². The van der Waals surface area contributed by atoms with Gasteiger partial charge in [-0.1, -0.05) is 18.2 Å². The molecule has 0 aliphatic rings. The van der Waals surface area contributed by atoms with Gasteiger partial charge in [0.05, 0.1) is 6.61 Å². The second kappa shape index (κ2) is 7.22. The summed E-state index contributed by atoms with van der Waals surface area (Å²) in [5.41, 5.74) is -0.771. The minimum absolute atomic E-state index is 0.105. The lowest BCUT2D eigenvalue weighted by molar-refractivity contribution is -0.142. The molecule has 5 nitrogen and oxygen atoms in total. The first kappa shape index (κ1) is 18.6. The molecule has 1 aromatic heterocycles. The molecule has 0 saturated carbocycles. The quantitative estimate of drug-likeness (QED) is 0.632. The highest BCUT2D eigenvalue weighted by molar-refractivity contribution is 5.76. The number of phenolic OH excluding ortho intramolecular Hbond substituents is 1. The van der Waals surface area contributed by atoms with Gasteiger partial charge in [-0.3, -0.25) is 5.10 Å². The van der Waals surface area contributed by atoms with Crippen molar-refractivity contribution < 1.29 is 27.8 Å². The molecule has 142 valence electrons. The van der Waals surface area contributed by atoms with Crippen molar-refractivity contribution in [3.63, 3.8) is 0 Å². The lowest BCUT2D eigenvalue weighted by atomic mass is 10.0. The molecule has 0 amide bonds. The molecule has 0 unspecified atom stereocenters. The monoisotopic (exact) mass is 378 g/mol. The standard InChI is InChI=1S/C19H17F3N2O3/c1-3-26-14-10-9-13(16(25)11(14)2)15-17(18(24-23-15)19(20,21)22)27-12-7-5-4-6-8-12/h4-10,25H,3H2,1-2H3,(H,23,24). The molecule has 27 heavy (non-hydrogen) atoms. The predicted octanol–water partition coefficient (Wildman–Crippen LogP) is 5.30. The van der Waals surface area contributed by atoms with Crippen LogP contribution in [0.15, 0.2) is 42.5 Å². The van der Waals surface area contributed by atoms with E-state index in [0.717, 1.165) is 0 Å². The molecule has 2 aromatic carbocycles. The molecule has 0 radical (unpaired) electrons. The highest BCUT2D eigenvalue weighted by Gasteiger charge is 2.39. The smallest absolute Gasteiger partial charge is 0.436 e. The fraction of sp³-hybridized carbons (Fsp3) is 0.211. The number of hydrogen-bond acceptors (Lipinski definition) is 4. The summed E-state index contributed by atoms with van der Waals surface area (Å²) in [5.74, 6) is -0.0738. The summed E-state index contributed by atoms with van der Waals surface area (Å²) in [6.07, 6.45) is -4.70. The van der Waals surface area contributed by atoms with Crippen molar-refractivity contribution >= 4 is 0 Å². The molecule has 0 atom stereocenters. The molecule has 0 aliphatic carbocycles. The summed E-state index contributed by atoms with van der Waals surface area (Å²) in [5, 5.41) is 16.2. The van der Waals surface area contributed by atoms with Crippen molar-refractivity contribution in [3.05, 3.63) is 53.7 Å². The summed E-state index contributed by atoms with van der Waals surface area (Å²) in [4.78, 5) is 0. The number of aromatic amines is 1. The largest absolute Gasteiger partial charge is 0.507 e. The summed E-state index contributed by atoms with van der Waals surface area (Å²) < 4.78 is 51.0. The predicted molar refractivity (Wildman–Crippen MR) is 93.1 cm³/mol. The Morgan fingerprint density at radius 1 is 1.11 bits per heavy atom. The maximum atomic E-state index is 13.4. The second-order valence-electron chi connectivity index (χ2n) is 5.71. The summed E-state index contributed by atoms with van der Waals surface area (Å²) in [6.45, 7) is 3.79. The Morgan fingerprint density at radius 3 is 2.44 bits per heavy atom. The molecular formula is C19H17F3N2O3. The van der Waals surface area contributed by atoms with E-state index in [4.69, 9.17) is 9.47 Å². The van der Waals surface area contributed by atoms with Crippen LogP contribution >= 0.6 is 0 Å². The number of ether oxygens (including phenoxy) is 2. The van der Waals surface area contributed by atoms with Crippen LogP contribution in [0, 0.1) is 6.92 Å². The van der Waals surface area contributed by atoms with Gasteiger partial charge in [-0.15, -0.1) is 0 Å². The van der Waals surface area contributed by atoms with Gasteiger partial charge in [0.1, 0.15) is 22.9 Å². The van der Waals surface area contributed by atoms with Crippen molar-refractivity contribution in [2.24, 2.45) is 0 Å². The molecule has 0 bridgehead atoms. The number of nitrogens with zero attached hydrogens (tertiary/aromatic N) is 1. The molecule has 0 saturated heterocycles. The third-order valence-electron chi connectivity index (χ3n) is 3.90. The average molecular weight is 378 g/mol. The van der Waals surface area contributed by atoms with Gasteiger partial charge in [-0.2, -0.15) is 18.3 Å². The van der Waals surface area contributed by atoms with E-state index in [1.54, 1.807) is 38.1 Å². The van der Waals surface area contributed by atoms with Crippen LogP contribution in [-0.2, 0) is 6.18 Å². The van der Waals surface area contributed by atoms with Crippen LogP contribution in [0.1, 0.15) is 18.2 Å². The maximum absolute atomic E-state index is 13.4. The highest BCUT2D eigenvalue weighted by atomic mass is 19.4. The first-order valence-electron chi connectivity index (χ1n) is 8.17. The topological polar surface area (TPSA) is 67.4 Å². The van der Waals surface area contributed by atoms with Gasteiger partial charge in [-0.25, -0.2) is 0 Å². The van der Waals surface area contributed by atoms with E-state index in [1.807, 2.05) is 5.10 Å². The van der Waals surface area contributed by atoms with Crippen molar-refractivity contribution in [1.29, 1.82) is 0 Å². The molecule has 2 N–H and O–H groups in total. The van der Waals surface area contributed by atoms with Gasteiger partial charge in [0.15, 0.2) is 11.4 Å². The number of phenols is 1. The van der Waals surface area contributed by atoms with Crippen LogP contribution in [0.4, 0.5) is 13.2 Å². The van der Waals surface area contributed by atoms with Gasteiger partial charge >= 0.3 is 6.18 Å². The van der Waals surface area contributed by atoms with E-state index in [0.29, 0.717) is 17.9 Å². The third kappa shape index (κ3) is 3.69. The van der Waals surface area contributed by atoms with Crippen LogP contribution in [0.2, 0.25) is 0 Å². The minimum Gasteiger partial charge on any atom is -0.507 e. The highest BCUT2D eigenvalue weighted by Crippen LogP contribution is 2.46. The Hall–Kier alpha value is -3.16. The van der Waals surface area contributed by atoms with Crippen molar-refractivity contribution in [3.8, 4) is 34.3 Å². The Balaban J connectivity index is 2.14. The number of nitrogens with one attached hydrogen (secondary N) is 1. The number of halogens is 3. The van der Waals surface area contributed by atoms with E-state index in [1.165, 1.54) is 18.2 Å². The van der Waals surface area contributed by atoms with Crippen LogP contribution in [0.25, 0.3) is 11.3 Å². The van der Waals surface area contributed by atoms with Crippen LogP contribution in [0.3, 0.4) is 0 Å². The molecule has 3 rings (SSSR count). The second-order valence-corrected chi connectivity index (χ2v) is 5.71. The van der Waals surface area contributed by atoms with E-state index in [-0.39, 0.29) is 22.8 Å². The van der Waals surface area contributed by atoms with Crippen molar-refractivity contribution in [2.75, 3.05) is 6.61 Å². The lowest BCUT2D eigenvalue weighted by Crippen LogP contribution is -2.07. The number of alkyl halides is 3. The van der Waals surface area contributed by atoms with Gasteiger partial charge in [0.25, 0.3) is 0 Å². The Kier molecular flexibility index (Phi) is 4.98. The zero-order valence-corrected chi connectivity index (χ0v) is 14.6. The van der Waals surface area contributed by atoms with Crippen molar-refractivity contribution in [1.82, 2.24) is 10.2 Å². The number of benzene rings is 2. The van der Waals surface area contributed by atoms with E-state index < -0.39 is 17.6 Å². The summed E-state index contributed by atoms with van der Waals surface area (Å²) in [7, 11) is 0. The van der Waals surface area contributed by atoms with E-state index in [2.05, 4.69) is 5.10 Å². The van der Waals surface area contributed by atoms with Crippen molar-refractivity contribution in [2.45, 2.75) is 20.0 Å². The number of para-hydroxylation sites is 1. The Bertz CT molecular complexity index is 937. The number of rotatable bonds is 5. The Morgan fingerprint density at radius 2 is 1.81 bits per heavy atom. The van der Waals surface area contributed by atoms with Gasteiger partial charge in [-0.05, 0) is 38.1 Å². The van der Waals surface area contributed by atoms with Crippen LogP contribution in [0.5, 0.6) is 23.0 Å². The number of aromatic hydroxyl groups is 1. The molecule has 0 aliphatic heterocycles. The lowest BCUT2D eigenvalue weighted by Gasteiger charge is -2.13. The van der Waals surface area contributed by atoms with E-state index >= 15 is 0 Å². The third-order valence-corrected chi connectivity index (χ3v) is 3.90. The van der Waals surface area contributed by atoms with Gasteiger partial charge in [0.2, 0.25) is 0 Å². The first-order chi connectivity index (χ1) is 12.8. The van der Waals surface area contributed by atoms with Gasteiger partial charge in [0, 0.05) is 11.1 Å².